The molecular weight excluding hydrogens is 667 g/mol. The zero-order valence-electron chi connectivity index (χ0n) is 30.8. The maximum Gasteiger partial charge on any atom is 0.143 e. The van der Waals surface area contributed by atoms with E-state index in [1.807, 2.05) is 0 Å². The first-order valence-electron chi connectivity index (χ1n) is 19.1. The third kappa shape index (κ3) is 4.81. The second-order valence-corrected chi connectivity index (χ2v) is 15.3. The van der Waals surface area contributed by atoms with E-state index in [1.54, 1.807) is 0 Å². The van der Waals surface area contributed by atoms with Crippen molar-refractivity contribution < 1.29 is 4.42 Å². The maximum absolute atomic E-state index is 7.08. The fourth-order valence-electron chi connectivity index (χ4n) is 9.18. The lowest BCUT2D eigenvalue weighted by Crippen LogP contribution is -2.14. The summed E-state index contributed by atoms with van der Waals surface area (Å²) in [5, 5.41) is 6.97. The van der Waals surface area contributed by atoms with Crippen LogP contribution in [0.5, 0.6) is 0 Å². The molecule has 9 aromatic carbocycles. The molecule has 2 nitrogen and oxygen atoms in total. The Morgan fingerprint density at radius 2 is 1.07 bits per heavy atom. The minimum atomic E-state index is -0.109. The van der Waals surface area contributed by atoms with Gasteiger partial charge in [0, 0.05) is 27.4 Å². The second kappa shape index (κ2) is 12.1. The quantitative estimate of drug-likeness (QED) is 0.177. The highest BCUT2D eigenvalue weighted by molar-refractivity contribution is 6.22. The van der Waals surface area contributed by atoms with E-state index in [-0.39, 0.29) is 5.41 Å². The van der Waals surface area contributed by atoms with Crippen molar-refractivity contribution in [2.24, 2.45) is 0 Å². The van der Waals surface area contributed by atoms with Crippen LogP contribution in [-0.4, -0.2) is 0 Å². The largest absolute Gasteiger partial charge is 0.455 e. The van der Waals surface area contributed by atoms with Crippen LogP contribution in [0.3, 0.4) is 0 Å². The highest BCUT2D eigenvalue weighted by atomic mass is 16.3. The molecule has 0 N–H and O–H groups in total. The van der Waals surface area contributed by atoms with Gasteiger partial charge in [0.2, 0.25) is 0 Å². The molecule has 55 heavy (non-hydrogen) atoms. The molecule has 0 bridgehead atoms. The smallest absolute Gasteiger partial charge is 0.143 e. The summed E-state index contributed by atoms with van der Waals surface area (Å²) in [6, 6.07) is 68.2. The monoisotopic (exact) mass is 703 g/mol. The third-order valence-corrected chi connectivity index (χ3v) is 11.8. The van der Waals surface area contributed by atoms with Gasteiger partial charge in [-0.3, -0.25) is 0 Å². The number of fused-ring (bicyclic) bond motifs is 8. The molecule has 0 aliphatic heterocycles. The summed E-state index contributed by atoms with van der Waals surface area (Å²) in [6.07, 6.45) is 0. The predicted octanol–water partition coefficient (Wildman–Crippen LogP) is 15.0. The van der Waals surface area contributed by atoms with Gasteiger partial charge >= 0.3 is 0 Å². The lowest BCUT2D eigenvalue weighted by atomic mass is 9.81. The molecule has 10 aromatic rings. The lowest BCUT2D eigenvalue weighted by Gasteiger charge is -2.27. The van der Waals surface area contributed by atoms with Crippen molar-refractivity contribution in [1.29, 1.82) is 0 Å². The zero-order valence-corrected chi connectivity index (χ0v) is 30.8. The molecule has 1 heterocycles. The fourth-order valence-corrected chi connectivity index (χ4v) is 9.18. The number of rotatable bonds is 5. The second-order valence-electron chi connectivity index (χ2n) is 15.3. The van der Waals surface area contributed by atoms with E-state index in [4.69, 9.17) is 4.42 Å². The van der Waals surface area contributed by atoms with Gasteiger partial charge in [-0.05, 0) is 97.6 Å². The van der Waals surface area contributed by atoms with E-state index >= 15 is 0 Å². The zero-order chi connectivity index (χ0) is 36.7. The highest BCUT2D eigenvalue weighted by Gasteiger charge is 2.35. The molecule has 1 aliphatic rings. The molecule has 11 rings (SSSR count). The first kappa shape index (κ1) is 31.6. The molecule has 0 atom stereocenters. The molecule has 260 valence electrons. The van der Waals surface area contributed by atoms with Gasteiger partial charge in [0.25, 0.3) is 0 Å². The Labute approximate surface area is 320 Å². The van der Waals surface area contributed by atoms with Crippen molar-refractivity contribution in [2.75, 3.05) is 4.90 Å². The topological polar surface area (TPSA) is 16.4 Å². The van der Waals surface area contributed by atoms with Crippen LogP contribution in [0.2, 0.25) is 0 Å². The molecule has 0 spiro atoms. The van der Waals surface area contributed by atoms with Gasteiger partial charge in [-0.1, -0.05) is 159 Å². The number of nitrogens with zero attached hydrogens (tertiary/aromatic N) is 1. The summed E-state index contributed by atoms with van der Waals surface area (Å²) in [5.41, 5.74) is 15.0. The Kier molecular flexibility index (Phi) is 6.93. The normalized spacial score (nSPS) is 13.1. The number of furan rings is 1. The first-order chi connectivity index (χ1) is 27.0. The van der Waals surface area contributed by atoms with Crippen LogP contribution in [-0.2, 0) is 5.41 Å². The third-order valence-electron chi connectivity index (χ3n) is 11.8. The van der Waals surface area contributed by atoms with Gasteiger partial charge in [0.05, 0.1) is 16.8 Å². The van der Waals surface area contributed by atoms with E-state index in [0.29, 0.717) is 0 Å². The summed E-state index contributed by atoms with van der Waals surface area (Å²) in [4.78, 5) is 2.42. The van der Waals surface area contributed by atoms with E-state index in [1.165, 1.54) is 60.5 Å². The molecule has 2 heteroatoms. The molecule has 1 aromatic heterocycles. The van der Waals surface area contributed by atoms with E-state index < -0.39 is 0 Å². The number of benzene rings is 9. The van der Waals surface area contributed by atoms with Crippen LogP contribution in [0.4, 0.5) is 17.1 Å². The van der Waals surface area contributed by atoms with Crippen molar-refractivity contribution in [3.05, 3.63) is 199 Å². The first-order valence-corrected chi connectivity index (χ1v) is 19.1. The highest BCUT2D eigenvalue weighted by Crippen LogP contribution is 2.52. The van der Waals surface area contributed by atoms with Gasteiger partial charge in [0.1, 0.15) is 11.2 Å². The van der Waals surface area contributed by atoms with Crippen LogP contribution < -0.4 is 4.90 Å². The van der Waals surface area contributed by atoms with Crippen molar-refractivity contribution in [3.63, 3.8) is 0 Å². The molecular formula is C53H37NO. The van der Waals surface area contributed by atoms with Crippen molar-refractivity contribution in [1.82, 2.24) is 0 Å². The summed E-state index contributed by atoms with van der Waals surface area (Å²) in [6.45, 7) is 4.70. The lowest BCUT2D eigenvalue weighted by molar-refractivity contribution is 0.660. The van der Waals surface area contributed by atoms with E-state index in [2.05, 4.69) is 207 Å². The molecule has 0 unspecified atom stereocenters. The summed E-state index contributed by atoms with van der Waals surface area (Å²) in [5.74, 6) is 0. The predicted molar refractivity (Wildman–Crippen MR) is 232 cm³/mol. The van der Waals surface area contributed by atoms with Crippen LogP contribution in [0.1, 0.15) is 25.0 Å². The Hall–Kier alpha value is -6.90. The number of anilines is 3. The molecule has 0 saturated carbocycles. The van der Waals surface area contributed by atoms with Crippen LogP contribution in [0.25, 0.3) is 76.9 Å². The minimum absolute atomic E-state index is 0.109. The van der Waals surface area contributed by atoms with Gasteiger partial charge in [0.15, 0.2) is 0 Å². The Morgan fingerprint density at radius 1 is 0.436 bits per heavy atom. The van der Waals surface area contributed by atoms with Crippen molar-refractivity contribution >= 4 is 60.5 Å². The van der Waals surface area contributed by atoms with Gasteiger partial charge < -0.3 is 9.32 Å². The molecule has 0 saturated heterocycles. The molecule has 0 fully saturated rings. The minimum Gasteiger partial charge on any atom is -0.455 e. The molecule has 0 radical (unpaired) electrons. The maximum atomic E-state index is 7.08. The van der Waals surface area contributed by atoms with E-state index in [0.717, 1.165) is 44.6 Å². The Bertz CT molecular complexity index is 3110. The molecule has 1 aliphatic carbocycles. The summed E-state index contributed by atoms with van der Waals surface area (Å²) < 4.78 is 7.08. The molecule has 0 amide bonds. The van der Waals surface area contributed by atoms with Gasteiger partial charge in [-0.2, -0.15) is 0 Å². The van der Waals surface area contributed by atoms with Gasteiger partial charge in [-0.15, -0.1) is 0 Å². The van der Waals surface area contributed by atoms with Gasteiger partial charge in [-0.25, -0.2) is 0 Å². The number of hydrogen-bond donors (Lipinski definition) is 0. The average molecular weight is 704 g/mol. The fraction of sp³-hybridized carbons (Fsp3) is 0.0566. The van der Waals surface area contributed by atoms with E-state index in [9.17, 15) is 0 Å². The average Bonchev–Trinajstić information content (AvgIpc) is 3.72. The standard InChI is InChI=1S/C53H37NO/c1-53(2)45-22-11-10-21-42(45)43-31-28-38(33-46(43)53)50-41-20-9-7-17-37(41)32-44-51-48(24-13-25-49(51)55-52(44)50)54(47-23-12-18-36-16-6-8-19-40(36)47)39-29-26-35(27-30-39)34-14-4-3-5-15-34/h3-33H,1-2H3. The Morgan fingerprint density at radius 3 is 1.93 bits per heavy atom. The van der Waals surface area contributed by atoms with Crippen LogP contribution >= 0.6 is 0 Å². The number of hydrogen-bond acceptors (Lipinski definition) is 2. The SMILES string of the molecule is CC1(C)c2ccccc2-c2ccc(-c3c4ccccc4cc4c3oc3cccc(N(c5ccc(-c6ccccc6)cc5)c5cccc6ccccc56)c34)cc21. The summed E-state index contributed by atoms with van der Waals surface area (Å²) >= 11 is 0. The van der Waals surface area contributed by atoms with Crippen LogP contribution in [0.15, 0.2) is 192 Å². The summed E-state index contributed by atoms with van der Waals surface area (Å²) in [7, 11) is 0. The Balaban J connectivity index is 1.18. The van der Waals surface area contributed by atoms with Crippen LogP contribution in [0, 0.1) is 0 Å². The van der Waals surface area contributed by atoms with Crippen molar-refractivity contribution in [3.8, 4) is 33.4 Å². The van der Waals surface area contributed by atoms with Crippen molar-refractivity contribution in [2.45, 2.75) is 19.3 Å².